The highest BCUT2D eigenvalue weighted by molar-refractivity contribution is 7.25. The fraction of sp³-hybridized carbons (Fsp3) is 0. The predicted octanol–water partition coefficient (Wildman–Crippen LogP) is 15.6. The van der Waals surface area contributed by atoms with Gasteiger partial charge in [0.25, 0.3) is 0 Å². The third-order valence-corrected chi connectivity index (χ3v) is 13.4. The molecule has 0 unspecified atom stereocenters. The van der Waals surface area contributed by atoms with Crippen LogP contribution in [0.1, 0.15) is 0 Å². The van der Waals surface area contributed by atoms with Crippen LogP contribution in [0.2, 0.25) is 0 Å². The molecule has 4 aromatic heterocycles. The van der Waals surface area contributed by atoms with E-state index in [4.69, 9.17) is 19.4 Å². The Morgan fingerprint density at radius 1 is 0.349 bits per heavy atom. The van der Waals surface area contributed by atoms with Gasteiger partial charge in [0.1, 0.15) is 11.2 Å². The lowest BCUT2D eigenvalue weighted by Gasteiger charge is -2.15. The summed E-state index contributed by atoms with van der Waals surface area (Å²) in [6, 6.07) is 72.7. The maximum Gasteiger partial charge on any atom is 0.164 e. The third-order valence-electron chi connectivity index (χ3n) is 12.3. The molecule has 4 heterocycles. The second-order valence-electron chi connectivity index (χ2n) is 15.9. The van der Waals surface area contributed by atoms with Crippen molar-refractivity contribution in [2.24, 2.45) is 0 Å². The first kappa shape index (κ1) is 35.6. The molecule has 63 heavy (non-hydrogen) atoms. The van der Waals surface area contributed by atoms with E-state index < -0.39 is 0 Å². The molecule has 0 N–H and O–H groups in total. The van der Waals surface area contributed by atoms with E-state index in [9.17, 15) is 0 Å². The molecule has 13 aromatic rings. The summed E-state index contributed by atoms with van der Waals surface area (Å²) in [5, 5.41) is 6.93. The highest BCUT2D eigenvalue weighted by Crippen LogP contribution is 2.43. The number of thiophene rings is 1. The number of fused-ring (bicyclic) bond motifs is 9. The van der Waals surface area contributed by atoms with Crippen molar-refractivity contribution in [1.29, 1.82) is 0 Å². The fourth-order valence-electron chi connectivity index (χ4n) is 9.34. The first-order valence-corrected chi connectivity index (χ1v) is 21.9. The monoisotopic (exact) mass is 822 g/mol. The molecule has 0 saturated heterocycles. The molecule has 0 spiro atoms. The smallest absolute Gasteiger partial charge is 0.164 e. The fourth-order valence-corrected chi connectivity index (χ4v) is 10.4. The van der Waals surface area contributed by atoms with Gasteiger partial charge in [0, 0.05) is 64.0 Å². The van der Waals surface area contributed by atoms with Crippen LogP contribution in [0, 0.1) is 0 Å². The Labute approximate surface area is 365 Å². The molecule has 0 fully saturated rings. The molecule has 5 nitrogen and oxygen atoms in total. The first-order chi connectivity index (χ1) is 31.2. The van der Waals surface area contributed by atoms with Crippen molar-refractivity contribution < 1.29 is 4.42 Å². The van der Waals surface area contributed by atoms with Crippen LogP contribution < -0.4 is 0 Å². The van der Waals surface area contributed by atoms with Crippen molar-refractivity contribution in [3.05, 3.63) is 206 Å². The molecule has 0 saturated carbocycles. The molecule has 294 valence electrons. The summed E-state index contributed by atoms with van der Waals surface area (Å²) in [6.45, 7) is 0. The number of hydrogen-bond donors (Lipinski definition) is 0. The molecule has 0 bridgehead atoms. The first-order valence-electron chi connectivity index (χ1n) is 21.1. The Hall–Kier alpha value is -8.19. The van der Waals surface area contributed by atoms with E-state index in [0.29, 0.717) is 17.5 Å². The van der Waals surface area contributed by atoms with E-state index >= 15 is 0 Å². The second kappa shape index (κ2) is 14.2. The standard InChI is InChI=1S/C57H34N4OS/c1-2-13-35(14-3-1)36-25-27-37(28-26-36)55-58-56(60-57(59-55)39-30-32-53-45(33-39)43-18-7-11-24-52(43)63-53)38-29-31-50-46(34-38)54-44(19-12-23-51(54)62-50)42-17-6-10-22-49(42)61-47-20-8-4-15-40(47)41-16-5-9-21-48(41)61/h1-34H. The van der Waals surface area contributed by atoms with Gasteiger partial charge < -0.3 is 8.98 Å². The zero-order valence-electron chi connectivity index (χ0n) is 33.7. The van der Waals surface area contributed by atoms with Crippen molar-refractivity contribution in [2.75, 3.05) is 0 Å². The van der Waals surface area contributed by atoms with Crippen LogP contribution >= 0.6 is 11.3 Å². The van der Waals surface area contributed by atoms with Gasteiger partial charge in [-0.2, -0.15) is 0 Å². The zero-order chi connectivity index (χ0) is 41.4. The molecular formula is C57H34N4OS. The lowest BCUT2D eigenvalue weighted by molar-refractivity contribution is 0.669. The Morgan fingerprint density at radius 2 is 0.889 bits per heavy atom. The molecule has 0 atom stereocenters. The van der Waals surface area contributed by atoms with Crippen LogP contribution in [0.4, 0.5) is 0 Å². The summed E-state index contributed by atoms with van der Waals surface area (Å²) < 4.78 is 11.5. The van der Waals surface area contributed by atoms with E-state index in [1.54, 1.807) is 11.3 Å². The normalized spacial score (nSPS) is 11.8. The number of rotatable bonds is 6. The van der Waals surface area contributed by atoms with Crippen LogP contribution in [-0.2, 0) is 0 Å². The predicted molar refractivity (Wildman–Crippen MR) is 262 cm³/mol. The van der Waals surface area contributed by atoms with Gasteiger partial charge in [0.15, 0.2) is 17.5 Å². The van der Waals surface area contributed by atoms with E-state index in [2.05, 4.69) is 205 Å². The largest absolute Gasteiger partial charge is 0.456 e. The van der Waals surface area contributed by atoms with Gasteiger partial charge in [-0.05, 0) is 83.4 Å². The van der Waals surface area contributed by atoms with E-state index in [1.807, 2.05) is 6.07 Å². The lowest BCUT2D eigenvalue weighted by Crippen LogP contribution is -2.00. The van der Waals surface area contributed by atoms with Crippen molar-refractivity contribution in [1.82, 2.24) is 19.5 Å². The SMILES string of the molecule is c1ccc(-c2ccc(-c3nc(-c4ccc5sc6ccccc6c5c4)nc(-c4ccc5oc6cccc(-c7ccccc7-n7c8ccccc8c8ccccc87)c6c5c4)n3)cc2)cc1. The topological polar surface area (TPSA) is 56.7 Å². The van der Waals surface area contributed by atoms with Crippen LogP contribution in [0.15, 0.2) is 211 Å². The Morgan fingerprint density at radius 3 is 1.65 bits per heavy atom. The molecule has 6 heteroatoms. The van der Waals surface area contributed by atoms with Crippen molar-refractivity contribution >= 4 is 75.3 Å². The minimum atomic E-state index is 0.594. The quantitative estimate of drug-likeness (QED) is 0.168. The van der Waals surface area contributed by atoms with Crippen molar-refractivity contribution in [2.45, 2.75) is 0 Å². The van der Waals surface area contributed by atoms with Gasteiger partial charge in [-0.15, -0.1) is 11.3 Å². The summed E-state index contributed by atoms with van der Waals surface area (Å²) in [7, 11) is 0. The van der Waals surface area contributed by atoms with E-state index in [0.717, 1.165) is 66.6 Å². The van der Waals surface area contributed by atoms with Crippen molar-refractivity contribution in [3.8, 4) is 62.1 Å². The Bertz CT molecular complexity index is 3860. The molecule has 0 amide bonds. The maximum absolute atomic E-state index is 6.62. The van der Waals surface area contributed by atoms with E-state index in [1.165, 1.54) is 42.0 Å². The molecule has 13 rings (SSSR count). The highest BCUT2D eigenvalue weighted by Gasteiger charge is 2.21. The molecule has 0 aliphatic heterocycles. The van der Waals surface area contributed by atoms with Crippen LogP contribution in [-0.4, -0.2) is 19.5 Å². The number of benzene rings is 9. The van der Waals surface area contributed by atoms with Gasteiger partial charge in [-0.25, -0.2) is 15.0 Å². The molecule has 0 aliphatic carbocycles. The molecule has 0 radical (unpaired) electrons. The number of para-hydroxylation sites is 3. The zero-order valence-corrected chi connectivity index (χ0v) is 34.6. The van der Waals surface area contributed by atoms with Crippen LogP contribution in [0.3, 0.4) is 0 Å². The molecule has 0 aliphatic rings. The number of aromatic nitrogens is 4. The van der Waals surface area contributed by atoms with Gasteiger partial charge >= 0.3 is 0 Å². The third kappa shape index (κ3) is 5.80. The van der Waals surface area contributed by atoms with Crippen LogP contribution in [0.5, 0.6) is 0 Å². The van der Waals surface area contributed by atoms with Crippen LogP contribution in [0.25, 0.3) is 126 Å². The van der Waals surface area contributed by atoms with Gasteiger partial charge in [0.2, 0.25) is 0 Å². The maximum atomic E-state index is 6.62. The van der Waals surface area contributed by atoms with Gasteiger partial charge in [-0.1, -0.05) is 140 Å². The summed E-state index contributed by atoms with van der Waals surface area (Å²) in [4.78, 5) is 15.6. The number of hydrogen-bond acceptors (Lipinski definition) is 5. The van der Waals surface area contributed by atoms with Gasteiger partial charge in [0.05, 0.1) is 16.7 Å². The number of furan rings is 1. The summed E-state index contributed by atoms with van der Waals surface area (Å²) in [5.41, 5.74) is 12.3. The van der Waals surface area contributed by atoms with Gasteiger partial charge in [-0.3, -0.25) is 0 Å². The average molecular weight is 823 g/mol. The molecule has 9 aromatic carbocycles. The summed E-state index contributed by atoms with van der Waals surface area (Å²) >= 11 is 1.80. The number of nitrogens with zero attached hydrogens (tertiary/aromatic N) is 4. The average Bonchev–Trinajstić information content (AvgIpc) is 4.03. The van der Waals surface area contributed by atoms with Crippen molar-refractivity contribution in [3.63, 3.8) is 0 Å². The molecular weight excluding hydrogens is 789 g/mol. The highest BCUT2D eigenvalue weighted by atomic mass is 32.1. The van der Waals surface area contributed by atoms with E-state index in [-0.39, 0.29) is 0 Å². The second-order valence-corrected chi connectivity index (χ2v) is 17.0. The summed E-state index contributed by atoms with van der Waals surface area (Å²) in [5.74, 6) is 1.83. The summed E-state index contributed by atoms with van der Waals surface area (Å²) in [6.07, 6.45) is 0. The minimum absolute atomic E-state index is 0.594. The Kier molecular flexibility index (Phi) is 8.01. The Balaban J connectivity index is 0.997. The lowest BCUT2D eigenvalue weighted by atomic mass is 9.97. The minimum Gasteiger partial charge on any atom is -0.456 e.